The quantitative estimate of drug-likeness (QED) is 0.561. The third-order valence-corrected chi connectivity index (χ3v) is 5.91. The number of aryl methyl sites for hydroxylation is 1. The molecule has 3 aromatic rings. The average Bonchev–Trinajstić information content (AvgIpc) is 2.73. The minimum absolute atomic E-state index is 0.147. The second kappa shape index (κ2) is 8.96. The fraction of sp³-hybridized carbons (Fsp3) is 0.227. The van der Waals surface area contributed by atoms with E-state index in [9.17, 15) is 13.2 Å². The van der Waals surface area contributed by atoms with Crippen LogP contribution in [0.5, 0.6) is 5.75 Å². The molecule has 0 heterocycles. The Morgan fingerprint density at radius 3 is 2.31 bits per heavy atom. The Balaban J connectivity index is 1.90. The van der Waals surface area contributed by atoms with E-state index in [1.807, 2.05) is 30.3 Å². The van der Waals surface area contributed by atoms with Gasteiger partial charge in [0.05, 0.1) is 24.3 Å². The molecular weight excluding hydrogens is 390 g/mol. The monoisotopic (exact) mass is 413 g/mol. The molecule has 152 valence electrons. The van der Waals surface area contributed by atoms with Crippen LogP contribution in [0.1, 0.15) is 18.9 Å². The number of esters is 1. The molecule has 3 rings (SSSR count). The van der Waals surface area contributed by atoms with Gasteiger partial charge in [-0.15, -0.1) is 0 Å². The predicted molar refractivity (Wildman–Crippen MR) is 113 cm³/mol. The van der Waals surface area contributed by atoms with Gasteiger partial charge in [-0.3, -0.25) is 9.52 Å². The van der Waals surface area contributed by atoms with Gasteiger partial charge >= 0.3 is 5.97 Å². The van der Waals surface area contributed by atoms with Crippen LogP contribution in [0.3, 0.4) is 0 Å². The van der Waals surface area contributed by atoms with Crippen LogP contribution in [0.2, 0.25) is 0 Å². The van der Waals surface area contributed by atoms with E-state index in [1.165, 1.54) is 19.2 Å². The van der Waals surface area contributed by atoms with Gasteiger partial charge in [-0.25, -0.2) is 8.42 Å². The van der Waals surface area contributed by atoms with Crippen LogP contribution in [0.15, 0.2) is 65.6 Å². The van der Waals surface area contributed by atoms with Crippen LogP contribution in [0, 0.1) is 0 Å². The normalized spacial score (nSPS) is 11.2. The van der Waals surface area contributed by atoms with Crippen LogP contribution < -0.4 is 9.46 Å². The van der Waals surface area contributed by atoms with Crippen molar-refractivity contribution in [2.45, 2.75) is 24.7 Å². The summed E-state index contributed by atoms with van der Waals surface area (Å²) in [6.07, 6.45) is 0.791. The summed E-state index contributed by atoms with van der Waals surface area (Å²) in [4.78, 5) is 11.8. The molecule has 0 amide bonds. The van der Waals surface area contributed by atoms with Crippen molar-refractivity contribution in [3.8, 4) is 5.75 Å². The maximum atomic E-state index is 12.8. The largest absolute Gasteiger partial charge is 0.497 e. The molecule has 0 aromatic heterocycles. The zero-order valence-electron chi connectivity index (χ0n) is 16.3. The smallest absolute Gasteiger partial charge is 0.306 e. The topological polar surface area (TPSA) is 81.7 Å². The molecule has 0 bridgehead atoms. The first kappa shape index (κ1) is 20.7. The van der Waals surface area contributed by atoms with Gasteiger partial charge in [0.25, 0.3) is 10.0 Å². The second-order valence-corrected chi connectivity index (χ2v) is 8.09. The van der Waals surface area contributed by atoms with E-state index in [0.29, 0.717) is 24.5 Å². The third-order valence-electron chi connectivity index (χ3n) is 4.53. The molecule has 3 aromatic carbocycles. The third kappa shape index (κ3) is 4.86. The maximum absolute atomic E-state index is 12.8. The summed E-state index contributed by atoms with van der Waals surface area (Å²) in [6.45, 7) is 2.13. The summed E-state index contributed by atoms with van der Waals surface area (Å²) >= 11 is 0. The molecule has 6 nitrogen and oxygen atoms in total. The standard InChI is InChI=1S/C22H23NO5S/c1-3-28-22(24)15-9-16-8-14-21(20-7-5-4-6-19(16)20)23-29(25,26)18-12-10-17(27-2)11-13-18/h4-8,10-14,23H,3,9,15H2,1-2H3. The van der Waals surface area contributed by atoms with Gasteiger partial charge in [0.2, 0.25) is 0 Å². The number of carbonyl (C=O) groups excluding carboxylic acids is 1. The maximum Gasteiger partial charge on any atom is 0.306 e. The molecule has 1 N–H and O–H groups in total. The Labute approximate surface area is 170 Å². The first-order valence-corrected chi connectivity index (χ1v) is 10.8. The molecule has 0 aliphatic carbocycles. The number of hydrogen-bond acceptors (Lipinski definition) is 5. The van der Waals surface area contributed by atoms with Crippen LogP contribution in [0.4, 0.5) is 5.69 Å². The molecule has 0 spiro atoms. The Morgan fingerprint density at radius 2 is 1.66 bits per heavy atom. The first-order valence-electron chi connectivity index (χ1n) is 9.27. The van der Waals surface area contributed by atoms with Crippen molar-refractivity contribution in [1.29, 1.82) is 0 Å². The van der Waals surface area contributed by atoms with Gasteiger partial charge in [-0.1, -0.05) is 30.3 Å². The summed E-state index contributed by atoms with van der Waals surface area (Å²) in [5.41, 5.74) is 1.44. The van der Waals surface area contributed by atoms with Crippen molar-refractivity contribution in [3.05, 3.63) is 66.2 Å². The molecule has 0 atom stereocenters. The summed E-state index contributed by atoms with van der Waals surface area (Å²) in [5, 5.41) is 1.66. The van der Waals surface area contributed by atoms with E-state index in [1.54, 1.807) is 25.1 Å². The fourth-order valence-corrected chi connectivity index (χ4v) is 4.18. The highest BCUT2D eigenvalue weighted by Gasteiger charge is 2.17. The zero-order chi connectivity index (χ0) is 20.9. The highest BCUT2D eigenvalue weighted by atomic mass is 32.2. The van der Waals surface area contributed by atoms with E-state index >= 15 is 0 Å². The Morgan fingerprint density at radius 1 is 0.966 bits per heavy atom. The van der Waals surface area contributed by atoms with E-state index in [-0.39, 0.29) is 17.3 Å². The van der Waals surface area contributed by atoms with Crippen LogP contribution >= 0.6 is 0 Å². The van der Waals surface area contributed by atoms with Crippen molar-refractivity contribution in [3.63, 3.8) is 0 Å². The second-order valence-electron chi connectivity index (χ2n) is 6.40. The number of hydrogen-bond donors (Lipinski definition) is 1. The molecule has 0 saturated carbocycles. The number of ether oxygens (including phenoxy) is 2. The number of methoxy groups -OCH3 is 1. The number of nitrogens with one attached hydrogen (secondary N) is 1. The molecule has 0 aliphatic heterocycles. The minimum atomic E-state index is -3.76. The molecule has 0 saturated heterocycles. The molecule has 29 heavy (non-hydrogen) atoms. The van der Waals surface area contributed by atoms with E-state index in [2.05, 4.69) is 4.72 Å². The Bertz CT molecular complexity index is 1110. The summed E-state index contributed by atoms with van der Waals surface area (Å²) in [5.74, 6) is 0.334. The molecule has 0 aliphatic rings. The lowest BCUT2D eigenvalue weighted by Crippen LogP contribution is -2.13. The van der Waals surface area contributed by atoms with Gasteiger partial charge in [-0.2, -0.15) is 0 Å². The lowest BCUT2D eigenvalue weighted by molar-refractivity contribution is -0.143. The lowest BCUT2D eigenvalue weighted by atomic mass is 10.00. The first-order chi connectivity index (χ1) is 13.9. The van der Waals surface area contributed by atoms with Crippen molar-refractivity contribution in [2.75, 3.05) is 18.4 Å². The highest BCUT2D eigenvalue weighted by molar-refractivity contribution is 7.92. The van der Waals surface area contributed by atoms with Crippen molar-refractivity contribution < 1.29 is 22.7 Å². The van der Waals surface area contributed by atoms with Crippen molar-refractivity contribution in [1.82, 2.24) is 0 Å². The van der Waals surface area contributed by atoms with Gasteiger partial charge < -0.3 is 9.47 Å². The molecule has 0 fully saturated rings. The SMILES string of the molecule is CCOC(=O)CCc1ccc(NS(=O)(=O)c2ccc(OC)cc2)c2ccccc12. The van der Waals surface area contributed by atoms with E-state index in [4.69, 9.17) is 9.47 Å². The summed E-state index contributed by atoms with van der Waals surface area (Å²) in [7, 11) is -2.23. The van der Waals surface area contributed by atoms with Crippen molar-refractivity contribution >= 4 is 32.5 Å². The van der Waals surface area contributed by atoms with E-state index < -0.39 is 10.0 Å². The summed E-state index contributed by atoms with van der Waals surface area (Å²) in [6, 6.07) is 17.3. The Hall–Kier alpha value is -3.06. The number of rotatable bonds is 8. The number of benzene rings is 3. The zero-order valence-corrected chi connectivity index (χ0v) is 17.2. The summed E-state index contributed by atoms with van der Waals surface area (Å²) < 4.78 is 38.3. The van der Waals surface area contributed by atoms with Crippen LogP contribution in [-0.2, 0) is 26.0 Å². The highest BCUT2D eigenvalue weighted by Crippen LogP contribution is 2.29. The lowest BCUT2D eigenvalue weighted by Gasteiger charge is -2.14. The van der Waals surface area contributed by atoms with Gasteiger partial charge in [0, 0.05) is 11.8 Å². The van der Waals surface area contributed by atoms with Crippen LogP contribution in [-0.4, -0.2) is 28.1 Å². The molecular formula is C22H23NO5S. The van der Waals surface area contributed by atoms with Crippen molar-refractivity contribution in [2.24, 2.45) is 0 Å². The molecule has 7 heteroatoms. The molecule has 0 radical (unpaired) electrons. The number of fused-ring (bicyclic) bond motifs is 1. The number of sulfonamides is 1. The van der Waals surface area contributed by atoms with Crippen LogP contribution in [0.25, 0.3) is 10.8 Å². The van der Waals surface area contributed by atoms with Gasteiger partial charge in [0.1, 0.15) is 5.75 Å². The number of anilines is 1. The predicted octanol–water partition coefficient (Wildman–Crippen LogP) is 4.14. The Kier molecular flexibility index (Phi) is 6.39. The molecule has 0 unspecified atom stereocenters. The van der Waals surface area contributed by atoms with Gasteiger partial charge in [0.15, 0.2) is 0 Å². The average molecular weight is 413 g/mol. The van der Waals surface area contributed by atoms with Gasteiger partial charge in [-0.05, 0) is 54.6 Å². The van der Waals surface area contributed by atoms with E-state index in [0.717, 1.165) is 16.3 Å². The number of carbonyl (C=O) groups is 1. The minimum Gasteiger partial charge on any atom is -0.497 e. The fourth-order valence-electron chi connectivity index (χ4n) is 3.10.